The van der Waals surface area contributed by atoms with Crippen LogP contribution in [0.5, 0.6) is 0 Å². The minimum atomic E-state index is 0.796. The zero-order valence-electron chi connectivity index (χ0n) is 8.14. The van der Waals surface area contributed by atoms with Crippen molar-refractivity contribution < 1.29 is 0 Å². The van der Waals surface area contributed by atoms with Gasteiger partial charge in [0.25, 0.3) is 0 Å². The summed E-state index contributed by atoms with van der Waals surface area (Å²) in [4.78, 5) is 8.36. The van der Waals surface area contributed by atoms with Gasteiger partial charge in [-0.15, -0.1) is 11.3 Å². The van der Waals surface area contributed by atoms with Gasteiger partial charge in [-0.3, -0.25) is 4.68 Å². The molecule has 0 radical (unpaired) electrons. The number of hydrogen-bond donors (Lipinski definition) is 1. The van der Waals surface area contributed by atoms with Crippen molar-refractivity contribution in [2.45, 2.75) is 6.42 Å². The topological polar surface area (TPSA) is 55.6 Å². The molecule has 2 heterocycles. The van der Waals surface area contributed by atoms with Crippen molar-refractivity contribution in [2.75, 3.05) is 11.9 Å². The maximum atomic E-state index is 4.23. The lowest BCUT2D eigenvalue weighted by atomic mass is 10.4. The molecule has 0 aliphatic rings. The molecule has 5 nitrogen and oxygen atoms in total. The van der Waals surface area contributed by atoms with E-state index in [0.29, 0.717) is 0 Å². The van der Waals surface area contributed by atoms with Crippen LogP contribution in [0.4, 0.5) is 5.13 Å². The molecule has 2 aromatic rings. The summed E-state index contributed by atoms with van der Waals surface area (Å²) in [7, 11) is 1.86. The maximum absolute atomic E-state index is 4.23. The van der Waals surface area contributed by atoms with Gasteiger partial charge in [0.05, 0.1) is 0 Å². The summed E-state index contributed by atoms with van der Waals surface area (Å²) in [6, 6.07) is 0. The second-order valence-corrected chi connectivity index (χ2v) is 4.66. The smallest absolute Gasteiger partial charge is 0.183 e. The van der Waals surface area contributed by atoms with Crippen LogP contribution in [0.1, 0.15) is 5.82 Å². The highest BCUT2D eigenvalue weighted by Crippen LogP contribution is 2.18. The highest BCUT2D eigenvalue weighted by atomic mass is 79.9. The third kappa shape index (κ3) is 3.00. The number of rotatable bonds is 4. The van der Waals surface area contributed by atoms with E-state index in [1.165, 1.54) is 0 Å². The monoisotopic (exact) mass is 287 g/mol. The number of nitrogens with one attached hydrogen (secondary N) is 1. The lowest BCUT2D eigenvalue weighted by Crippen LogP contribution is -2.06. The molecule has 0 atom stereocenters. The molecule has 0 saturated heterocycles. The summed E-state index contributed by atoms with van der Waals surface area (Å²) < 4.78 is 2.57. The molecule has 0 bridgehead atoms. The van der Waals surface area contributed by atoms with Gasteiger partial charge in [0.1, 0.15) is 10.9 Å². The maximum Gasteiger partial charge on any atom is 0.183 e. The molecular weight excluding hydrogens is 278 g/mol. The molecule has 7 heteroatoms. The first-order valence-corrected chi connectivity index (χ1v) is 6.11. The normalized spacial score (nSPS) is 10.5. The number of nitrogens with zero attached hydrogens (tertiary/aromatic N) is 4. The number of anilines is 1. The molecule has 0 fully saturated rings. The largest absolute Gasteiger partial charge is 0.361 e. The van der Waals surface area contributed by atoms with Crippen LogP contribution in [0.3, 0.4) is 0 Å². The fourth-order valence-electron chi connectivity index (χ4n) is 1.12. The Balaban J connectivity index is 1.80. The fraction of sp³-hybridized carbons (Fsp3) is 0.375. The van der Waals surface area contributed by atoms with Gasteiger partial charge in [-0.25, -0.2) is 9.97 Å². The van der Waals surface area contributed by atoms with Gasteiger partial charge in [-0.1, -0.05) is 0 Å². The van der Waals surface area contributed by atoms with E-state index in [9.17, 15) is 0 Å². The SMILES string of the molecule is Cn1cnc(CCNc2nc(Br)cs2)n1. The molecule has 0 saturated carbocycles. The number of halogens is 1. The molecule has 80 valence electrons. The standard InChI is InChI=1S/C8H10BrN5S/c1-14-5-11-7(13-14)2-3-10-8-12-6(9)4-15-8/h4-5H,2-3H2,1H3,(H,10,12). The molecule has 15 heavy (non-hydrogen) atoms. The van der Waals surface area contributed by atoms with Crippen molar-refractivity contribution in [3.05, 3.63) is 22.1 Å². The van der Waals surface area contributed by atoms with Gasteiger partial charge in [0.2, 0.25) is 0 Å². The summed E-state index contributed by atoms with van der Waals surface area (Å²) in [5.41, 5.74) is 0. The lowest BCUT2D eigenvalue weighted by Gasteiger charge is -1.98. The second kappa shape index (κ2) is 4.71. The van der Waals surface area contributed by atoms with Gasteiger partial charge in [0, 0.05) is 25.4 Å². The second-order valence-electron chi connectivity index (χ2n) is 2.99. The van der Waals surface area contributed by atoms with Crippen LogP contribution < -0.4 is 5.32 Å². The Morgan fingerprint density at radius 3 is 3.07 bits per heavy atom. The highest BCUT2D eigenvalue weighted by Gasteiger charge is 2.00. The Labute approximate surface area is 99.7 Å². The summed E-state index contributed by atoms with van der Waals surface area (Å²) in [6.45, 7) is 0.796. The van der Waals surface area contributed by atoms with Gasteiger partial charge in [0.15, 0.2) is 11.0 Å². The van der Waals surface area contributed by atoms with E-state index in [4.69, 9.17) is 0 Å². The van der Waals surface area contributed by atoms with Crippen LogP contribution in [0, 0.1) is 0 Å². The van der Waals surface area contributed by atoms with E-state index in [1.54, 1.807) is 22.3 Å². The van der Waals surface area contributed by atoms with Crippen LogP contribution in [0.2, 0.25) is 0 Å². The van der Waals surface area contributed by atoms with Crippen molar-refractivity contribution >= 4 is 32.4 Å². The predicted molar refractivity (Wildman–Crippen MR) is 63.0 cm³/mol. The van der Waals surface area contributed by atoms with Crippen molar-refractivity contribution in [3.63, 3.8) is 0 Å². The molecule has 0 amide bonds. The van der Waals surface area contributed by atoms with Crippen LogP contribution in [-0.4, -0.2) is 26.3 Å². The van der Waals surface area contributed by atoms with Crippen molar-refractivity contribution in [2.24, 2.45) is 7.05 Å². The molecule has 2 rings (SSSR count). The third-order valence-electron chi connectivity index (χ3n) is 1.75. The zero-order chi connectivity index (χ0) is 10.7. The van der Waals surface area contributed by atoms with E-state index in [0.717, 1.165) is 28.5 Å². The Kier molecular flexibility index (Phi) is 3.32. The molecule has 0 unspecified atom stereocenters. The Morgan fingerprint density at radius 2 is 2.47 bits per heavy atom. The van der Waals surface area contributed by atoms with Gasteiger partial charge in [-0.05, 0) is 15.9 Å². The fourth-order valence-corrected chi connectivity index (χ4v) is 2.29. The van der Waals surface area contributed by atoms with E-state index >= 15 is 0 Å². The Hall–Kier alpha value is -0.950. The van der Waals surface area contributed by atoms with Crippen LogP contribution in [-0.2, 0) is 13.5 Å². The van der Waals surface area contributed by atoms with Crippen molar-refractivity contribution in [1.29, 1.82) is 0 Å². The predicted octanol–water partition coefficient (Wildman–Crippen LogP) is 1.69. The molecule has 0 aliphatic heterocycles. The first kappa shape index (κ1) is 10.6. The quantitative estimate of drug-likeness (QED) is 0.930. The Bertz CT molecular complexity index is 397. The third-order valence-corrected chi connectivity index (χ3v) is 3.26. The van der Waals surface area contributed by atoms with E-state index in [1.807, 2.05) is 12.4 Å². The van der Waals surface area contributed by atoms with Crippen LogP contribution in [0.25, 0.3) is 0 Å². The van der Waals surface area contributed by atoms with Crippen LogP contribution >= 0.6 is 27.3 Å². The molecular formula is C8H10BrN5S. The van der Waals surface area contributed by atoms with Gasteiger partial charge >= 0.3 is 0 Å². The van der Waals surface area contributed by atoms with Crippen molar-refractivity contribution in [1.82, 2.24) is 19.7 Å². The van der Waals surface area contributed by atoms with E-state index in [-0.39, 0.29) is 0 Å². The number of aryl methyl sites for hydroxylation is 1. The van der Waals surface area contributed by atoms with Gasteiger partial charge < -0.3 is 5.32 Å². The van der Waals surface area contributed by atoms with Crippen molar-refractivity contribution in [3.8, 4) is 0 Å². The summed E-state index contributed by atoms with van der Waals surface area (Å²) >= 11 is 4.88. The summed E-state index contributed by atoms with van der Waals surface area (Å²) in [5, 5.41) is 10.3. The molecule has 2 aromatic heterocycles. The summed E-state index contributed by atoms with van der Waals surface area (Å²) in [6.07, 6.45) is 2.51. The summed E-state index contributed by atoms with van der Waals surface area (Å²) in [5.74, 6) is 0.848. The van der Waals surface area contributed by atoms with E-state index in [2.05, 4.69) is 36.3 Å². The number of hydrogen-bond acceptors (Lipinski definition) is 5. The average Bonchev–Trinajstić information content (AvgIpc) is 2.76. The molecule has 1 N–H and O–H groups in total. The molecule has 0 aliphatic carbocycles. The van der Waals surface area contributed by atoms with Gasteiger partial charge in [-0.2, -0.15) is 5.10 Å². The minimum absolute atomic E-state index is 0.796. The number of aromatic nitrogens is 4. The first-order valence-electron chi connectivity index (χ1n) is 4.43. The molecule has 0 aromatic carbocycles. The van der Waals surface area contributed by atoms with Crippen LogP contribution in [0.15, 0.2) is 16.3 Å². The Morgan fingerprint density at radius 1 is 1.60 bits per heavy atom. The lowest BCUT2D eigenvalue weighted by molar-refractivity contribution is 0.742. The van der Waals surface area contributed by atoms with E-state index < -0.39 is 0 Å². The average molecular weight is 288 g/mol. The molecule has 0 spiro atoms. The first-order chi connectivity index (χ1) is 7.24. The highest BCUT2D eigenvalue weighted by molar-refractivity contribution is 9.10. The zero-order valence-corrected chi connectivity index (χ0v) is 10.5. The minimum Gasteiger partial charge on any atom is -0.361 e. The number of thiazole rings is 1.